The zero-order valence-corrected chi connectivity index (χ0v) is 13.3. The Morgan fingerprint density at radius 2 is 1.05 bits per heavy atom. The minimum absolute atomic E-state index is 0.621. The first-order valence-electron chi connectivity index (χ1n) is 7.93. The highest BCUT2D eigenvalue weighted by molar-refractivity contribution is 4.43. The maximum Gasteiger partial charge on any atom is 0.0701 e. The quantitative estimate of drug-likeness (QED) is 0.415. The summed E-state index contributed by atoms with van der Waals surface area (Å²) in [6.07, 6.45) is 3.35. The normalized spacial score (nSPS) is 11.1. The van der Waals surface area contributed by atoms with Crippen molar-refractivity contribution in [3.63, 3.8) is 0 Å². The summed E-state index contributed by atoms with van der Waals surface area (Å²) in [5.74, 6) is 0. The van der Waals surface area contributed by atoms with Gasteiger partial charge in [-0.1, -0.05) is 20.3 Å². The molecule has 0 aromatic rings. The molecule has 1 N–H and O–H groups in total. The molecular formula is C15H33NO4. The van der Waals surface area contributed by atoms with Crippen LogP contribution in [0.2, 0.25) is 0 Å². The third-order valence-electron chi connectivity index (χ3n) is 2.65. The molecule has 0 saturated carbocycles. The van der Waals surface area contributed by atoms with E-state index in [9.17, 15) is 0 Å². The van der Waals surface area contributed by atoms with Gasteiger partial charge in [0.1, 0.15) is 0 Å². The monoisotopic (exact) mass is 291 g/mol. The van der Waals surface area contributed by atoms with Gasteiger partial charge in [0.2, 0.25) is 0 Å². The highest BCUT2D eigenvalue weighted by Gasteiger charge is 1.92. The maximum atomic E-state index is 5.44. The van der Waals surface area contributed by atoms with Gasteiger partial charge in [-0.05, 0) is 25.9 Å². The second kappa shape index (κ2) is 18.8. The molecule has 0 aromatic heterocycles. The molecule has 0 aliphatic carbocycles. The van der Waals surface area contributed by atoms with Crippen LogP contribution in [-0.4, -0.2) is 65.9 Å². The Morgan fingerprint density at radius 1 is 0.600 bits per heavy atom. The van der Waals surface area contributed by atoms with Gasteiger partial charge in [-0.2, -0.15) is 0 Å². The lowest BCUT2D eigenvalue weighted by Crippen LogP contribution is -2.16. The first-order chi connectivity index (χ1) is 9.91. The first kappa shape index (κ1) is 19.8. The molecule has 0 aromatic carbocycles. The largest absolute Gasteiger partial charge is 0.379 e. The summed E-state index contributed by atoms with van der Waals surface area (Å²) >= 11 is 0. The average molecular weight is 291 g/mol. The Morgan fingerprint density at radius 3 is 1.50 bits per heavy atom. The zero-order chi connectivity index (χ0) is 14.7. The van der Waals surface area contributed by atoms with Gasteiger partial charge >= 0.3 is 0 Å². The van der Waals surface area contributed by atoms with Gasteiger partial charge in [0.15, 0.2) is 0 Å². The number of unbranched alkanes of at least 4 members (excludes halogenated alkanes) is 1. The summed E-state index contributed by atoms with van der Waals surface area (Å²) in [5.41, 5.74) is 0. The molecule has 122 valence electrons. The predicted molar refractivity (Wildman–Crippen MR) is 81.3 cm³/mol. The van der Waals surface area contributed by atoms with E-state index in [1.165, 1.54) is 6.42 Å². The number of rotatable bonds is 17. The number of ether oxygens (including phenoxy) is 4. The van der Waals surface area contributed by atoms with E-state index in [1.807, 2.05) is 0 Å². The van der Waals surface area contributed by atoms with Crippen molar-refractivity contribution in [3.05, 3.63) is 0 Å². The molecular weight excluding hydrogens is 258 g/mol. The lowest BCUT2D eigenvalue weighted by molar-refractivity contribution is -0.00220. The van der Waals surface area contributed by atoms with Crippen LogP contribution in [0.5, 0.6) is 0 Å². The molecule has 0 radical (unpaired) electrons. The molecule has 0 fully saturated rings. The van der Waals surface area contributed by atoms with Crippen LogP contribution in [0.1, 0.15) is 33.1 Å². The molecule has 5 heteroatoms. The van der Waals surface area contributed by atoms with Gasteiger partial charge < -0.3 is 24.3 Å². The van der Waals surface area contributed by atoms with E-state index in [-0.39, 0.29) is 0 Å². The van der Waals surface area contributed by atoms with Crippen LogP contribution >= 0.6 is 0 Å². The molecule has 5 nitrogen and oxygen atoms in total. The fraction of sp³-hybridized carbons (Fsp3) is 1.00. The topological polar surface area (TPSA) is 49.0 Å². The van der Waals surface area contributed by atoms with E-state index in [2.05, 4.69) is 19.2 Å². The Hall–Kier alpha value is -0.200. The number of hydrogen-bond donors (Lipinski definition) is 1. The van der Waals surface area contributed by atoms with Crippen LogP contribution < -0.4 is 5.32 Å². The molecule has 0 atom stereocenters. The summed E-state index contributed by atoms with van der Waals surface area (Å²) < 4.78 is 21.6. The maximum absolute atomic E-state index is 5.44. The highest BCUT2D eigenvalue weighted by Crippen LogP contribution is 1.88. The van der Waals surface area contributed by atoms with Crippen LogP contribution in [-0.2, 0) is 18.9 Å². The standard InChI is InChI=1S/C15H33NO4/c1-3-5-8-17-10-12-19-14-15-20-13-11-18-9-6-7-16-4-2/h16H,3-15H2,1-2H3. The van der Waals surface area contributed by atoms with Gasteiger partial charge in [-0.3, -0.25) is 0 Å². The summed E-state index contributed by atoms with van der Waals surface area (Å²) in [4.78, 5) is 0. The first-order valence-corrected chi connectivity index (χ1v) is 7.93. The van der Waals surface area contributed by atoms with E-state index in [4.69, 9.17) is 18.9 Å². The van der Waals surface area contributed by atoms with E-state index in [1.54, 1.807) is 0 Å². The van der Waals surface area contributed by atoms with Gasteiger partial charge in [-0.25, -0.2) is 0 Å². The lowest BCUT2D eigenvalue weighted by atomic mass is 10.4. The number of nitrogens with one attached hydrogen (secondary N) is 1. The molecule has 0 amide bonds. The van der Waals surface area contributed by atoms with E-state index >= 15 is 0 Å². The van der Waals surface area contributed by atoms with Gasteiger partial charge in [0.05, 0.1) is 39.6 Å². The smallest absolute Gasteiger partial charge is 0.0701 e. The Labute approximate surface area is 124 Å². The van der Waals surface area contributed by atoms with Crippen molar-refractivity contribution in [1.29, 1.82) is 0 Å². The van der Waals surface area contributed by atoms with Crippen molar-refractivity contribution in [2.75, 3.05) is 65.9 Å². The minimum Gasteiger partial charge on any atom is -0.379 e. The van der Waals surface area contributed by atoms with Crippen molar-refractivity contribution < 1.29 is 18.9 Å². The molecule has 0 unspecified atom stereocenters. The fourth-order valence-electron chi connectivity index (χ4n) is 1.48. The molecule has 0 bridgehead atoms. The third kappa shape index (κ3) is 17.8. The highest BCUT2D eigenvalue weighted by atomic mass is 16.6. The van der Waals surface area contributed by atoms with Crippen LogP contribution in [0.25, 0.3) is 0 Å². The van der Waals surface area contributed by atoms with Crippen molar-refractivity contribution in [1.82, 2.24) is 5.32 Å². The second-order valence-electron chi connectivity index (χ2n) is 4.51. The van der Waals surface area contributed by atoms with Crippen LogP contribution in [0.3, 0.4) is 0 Å². The van der Waals surface area contributed by atoms with Crippen molar-refractivity contribution in [2.45, 2.75) is 33.1 Å². The van der Waals surface area contributed by atoms with Gasteiger partial charge in [0, 0.05) is 13.2 Å². The summed E-state index contributed by atoms with van der Waals surface area (Å²) in [6, 6.07) is 0. The molecule has 0 spiro atoms. The van der Waals surface area contributed by atoms with Crippen LogP contribution in [0.4, 0.5) is 0 Å². The third-order valence-corrected chi connectivity index (χ3v) is 2.65. The van der Waals surface area contributed by atoms with Gasteiger partial charge in [0.25, 0.3) is 0 Å². The molecule has 20 heavy (non-hydrogen) atoms. The van der Waals surface area contributed by atoms with Crippen LogP contribution in [0.15, 0.2) is 0 Å². The summed E-state index contributed by atoms with van der Waals surface area (Å²) in [6.45, 7) is 11.8. The lowest BCUT2D eigenvalue weighted by Gasteiger charge is -2.07. The van der Waals surface area contributed by atoms with E-state index in [0.717, 1.165) is 39.1 Å². The summed E-state index contributed by atoms with van der Waals surface area (Å²) in [7, 11) is 0. The van der Waals surface area contributed by atoms with Crippen molar-refractivity contribution >= 4 is 0 Å². The minimum atomic E-state index is 0.621. The molecule has 0 heterocycles. The zero-order valence-electron chi connectivity index (χ0n) is 13.3. The second-order valence-corrected chi connectivity index (χ2v) is 4.51. The fourth-order valence-corrected chi connectivity index (χ4v) is 1.48. The molecule has 0 rings (SSSR count). The van der Waals surface area contributed by atoms with Crippen LogP contribution in [0, 0.1) is 0 Å². The van der Waals surface area contributed by atoms with Crippen molar-refractivity contribution in [3.8, 4) is 0 Å². The Kier molecular flexibility index (Phi) is 18.6. The SMILES string of the molecule is CCCCOCCOCCOCCOCCCNCC. The number of hydrogen-bond acceptors (Lipinski definition) is 5. The van der Waals surface area contributed by atoms with Crippen molar-refractivity contribution in [2.24, 2.45) is 0 Å². The predicted octanol–water partition coefficient (Wildman–Crippen LogP) is 1.85. The molecule has 0 saturated heterocycles. The summed E-state index contributed by atoms with van der Waals surface area (Å²) in [5, 5.41) is 3.26. The molecule has 0 aliphatic heterocycles. The van der Waals surface area contributed by atoms with E-state index in [0.29, 0.717) is 39.6 Å². The molecule has 0 aliphatic rings. The Balaban J connectivity index is 2.89. The van der Waals surface area contributed by atoms with E-state index < -0.39 is 0 Å². The average Bonchev–Trinajstić information content (AvgIpc) is 2.47. The Bertz CT molecular complexity index is 152. The van der Waals surface area contributed by atoms with Gasteiger partial charge in [-0.15, -0.1) is 0 Å².